The molecule has 2 unspecified atom stereocenters. The lowest BCUT2D eigenvalue weighted by Crippen LogP contribution is -2.22. The Morgan fingerprint density at radius 1 is 1.06 bits per heavy atom. The molecule has 2 N–H and O–H groups in total. The standard InChI is InChI=1S/C16H33NO/c1-2-3-4-5-6-7-8-10-15(17)12-13-16-11-9-14-18-16/h15-16H,2-14,17H2,1H3. The van der Waals surface area contributed by atoms with Crippen LogP contribution in [0.25, 0.3) is 0 Å². The molecule has 1 fully saturated rings. The molecule has 2 nitrogen and oxygen atoms in total. The second kappa shape index (κ2) is 10.8. The number of unbranched alkanes of at least 4 members (excludes halogenated alkanes) is 6. The van der Waals surface area contributed by atoms with Gasteiger partial charge >= 0.3 is 0 Å². The average Bonchev–Trinajstić information content (AvgIpc) is 2.88. The van der Waals surface area contributed by atoms with Crippen LogP contribution in [0.4, 0.5) is 0 Å². The third kappa shape index (κ3) is 8.10. The van der Waals surface area contributed by atoms with Crippen molar-refractivity contribution in [1.82, 2.24) is 0 Å². The molecule has 0 aromatic heterocycles. The van der Waals surface area contributed by atoms with Crippen molar-refractivity contribution in [1.29, 1.82) is 0 Å². The van der Waals surface area contributed by atoms with E-state index in [0.717, 1.165) is 13.0 Å². The van der Waals surface area contributed by atoms with Gasteiger partial charge in [0, 0.05) is 12.6 Å². The Labute approximate surface area is 114 Å². The number of hydrogen-bond donors (Lipinski definition) is 1. The quantitative estimate of drug-likeness (QED) is 0.555. The second-order valence-electron chi connectivity index (χ2n) is 5.88. The van der Waals surface area contributed by atoms with Crippen molar-refractivity contribution in [2.75, 3.05) is 6.61 Å². The molecule has 1 aliphatic rings. The van der Waals surface area contributed by atoms with Crippen LogP contribution in [0.3, 0.4) is 0 Å². The predicted octanol–water partition coefficient (Wildman–Crippen LogP) is 4.41. The van der Waals surface area contributed by atoms with Crippen molar-refractivity contribution in [2.24, 2.45) is 5.73 Å². The van der Waals surface area contributed by atoms with Crippen LogP contribution in [0, 0.1) is 0 Å². The van der Waals surface area contributed by atoms with Gasteiger partial charge in [-0.05, 0) is 32.1 Å². The highest BCUT2D eigenvalue weighted by atomic mass is 16.5. The largest absolute Gasteiger partial charge is 0.378 e. The van der Waals surface area contributed by atoms with Crippen molar-refractivity contribution < 1.29 is 4.74 Å². The Morgan fingerprint density at radius 2 is 1.78 bits per heavy atom. The predicted molar refractivity (Wildman–Crippen MR) is 78.8 cm³/mol. The zero-order valence-corrected chi connectivity index (χ0v) is 12.3. The Morgan fingerprint density at radius 3 is 2.44 bits per heavy atom. The normalized spacial score (nSPS) is 21.3. The molecule has 0 spiro atoms. The lowest BCUT2D eigenvalue weighted by Gasteiger charge is -2.14. The number of rotatable bonds is 11. The zero-order valence-electron chi connectivity index (χ0n) is 12.3. The molecule has 2 heteroatoms. The molecule has 0 amide bonds. The van der Waals surface area contributed by atoms with Gasteiger partial charge in [0.1, 0.15) is 0 Å². The maximum absolute atomic E-state index is 6.16. The van der Waals surface area contributed by atoms with E-state index in [1.807, 2.05) is 0 Å². The molecule has 0 saturated carbocycles. The summed E-state index contributed by atoms with van der Waals surface area (Å²) in [4.78, 5) is 0. The van der Waals surface area contributed by atoms with Gasteiger partial charge in [-0.15, -0.1) is 0 Å². The van der Waals surface area contributed by atoms with Gasteiger partial charge in [0.15, 0.2) is 0 Å². The van der Waals surface area contributed by atoms with Crippen LogP contribution in [0.15, 0.2) is 0 Å². The first kappa shape index (κ1) is 16.0. The maximum Gasteiger partial charge on any atom is 0.0576 e. The van der Waals surface area contributed by atoms with E-state index in [1.54, 1.807) is 0 Å². The van der Waals surface area contributed by atoms with Gasteiger partial charge in [-0.2, -0.15) is 0 Å². The summed E-state index contributed by atoms with van der Waals surface area (Å²) in [7, 11) is 0. The van der Waals surface area contributed by atoms with E-state index in [9.17, 15) is 0 Å². The Balaban J connectivity index is 1.82. The van der Waals surface area contributed by atoms with Crippen molar-refractivity contribution in [3.63, 3.8) is 0 Å². The topological polar surface area (TPSA) is 35.2 Å². The molecule has 1 saturated heterocycles. The summed E-state index contributed by atoms with van der Waals surface area (Å²) in [6.07, 6.45) is 16.2. The smallest absolute Gasteiger partial charge is 0.0576 e. The van der Waals surface area contributed by atoms with E-state index >= 15 is 0 Å². The average molecular weight is 255 g/mol. The molecule has 0 radical (unpaired) electrons. The number of nitrogens with two attached hydrogens (primary N) is 1. The van der Waals surface area contributed by atoms with E-state index in [0.29, 0.717) is 12.1 Å². The Bertz CT molecular complexity index is 178. The van der Waals surface area contributed by atoms with Crippen LogP contribution in [-0.2, 0) is 4.74 Å². The molecule has 0 aliphatic carbocycles. The highest BCUT2D eigenvalue weighted by Crippen LogP contribution is 2.18. The van der Waals surface area contributed by atoms with Crippen LogP contribution >= 0.6 is 0 Å². The van der Waals surface area contributed by atoms with E-state index in [4.69, 9.17) is 10.5 Å². The zero-order chi connectivity index (χ0) is 13.1. The summed E-state index contributed by atoms with van der Waals surface area (Å²) >= 11 is 0. The highest BCUT2D eigenvalue weighted by Gasteiger charge is 2.16. The van der Waals surface area contributed by atoms with Crippen LogP contribution in [-0.4, -0.2) is 18.8 Å². The summed E-state index contributed by atoms with van der Waals surface area (Å²) < 4.78 is 5.63. The fourth-order valence-corrected chi connectivity index (χ4v) is 2.78. The lowest BCUT2D eigenvalue weighted by atomic mass is 10.0. The molecular weight excluding hydrogens is 222 g/mol. The summed E-state index contributed by atoms with van der Waals surface area (Å²) in [6, 6.07) is 0.407. The molecule has 0 aromatic rings. The lowest BCUT2D eigenvalue weighted by molar-refractivity contribution is 0.100. The number of hydrogen-bond acceptors (Lipinski definition) is 2. The number of ether oxygens (including phenoxy) is 1. The summed E-state index contributed by atoms with van der Waals surface area (Å²) in [5.74, 6) is 0. The van der Waals surface area contributed by atoms with Gasteiger partial charge in [0.25, 0.3) is 0 Å². The summed E-state index contributed by atoms with van der Waals surface area (Å²) in [5.41, 5.74) is 6.16. The van der Waals surface area contributed by atoms with Crippen LogP contribution in [0.5, 0.6) is 0 Å². The van der Waals surface area contributed by atoms with Gasteiger partial charge in [-0.25, -0.2) is 0 Å². The van der Waals surface area contributed by atoms with Crippen LogP contribution < -0.4 is 5.73 Å². The second-order valence-corrected chi connectivity index (χ2v) is 5.88. The molecule has 2 atom stereocenters. The molecule has 108 valence electrons. The van der Waals surface area contributed by atoms with Gasteiger partial charge < -0.3 is 10.5 Å². The minimum Gasteiger partial charge on any atom is -0.378 e. The molecule has 1 rings (SSSR count). The first-order valence-electron chi connectivity index (χ1n) is 8.20. The molecule has 18 heavy (non-hydrogen) atoms. The first-order chi connectivity index (χ1) is 8.83. The minimum absolute atomic E-state index is 0.407. The molecule has 0 bridgehead atoms. The van der Waals surface area contributed by atoms with Crippen LogP contribution in [0.1, 0.15) is 84.0 Å². The monoisotopic (exact) mass is 255 g/mol. The molecule has 1 heterocycles. The summed E-state index contributed by atoms with van der Waals surface area (Å²) in [5, 5.41) is 0. The van der Waals surface area contributed by atoms with Crippen molar-refractivity contribution >= 4 is 0 Å². The molecule has 1 aliphatic heterocycles. The molecular formula is C16H33NO. The van der Waals surface area contributed by atoms with Gasteiger partial charge in [0.2, 0.25) is 0 Å². The van der Waals surface area contributed by atoms with Gasteiger partial charge in [0.05, 0.1) is 6.10 Å². The van der Waals surface area contributed by atoms with Gasteiger partial charge in [-0.1, -0.05) is 51.9 Å². The van der Waals surface area contributed by atoms with Gasteiger partial charge in [-0.3, -0.25) is 0 Å². The van der Waals surface area contributed by atoms with E-state index < -0.39 is 0 Å². The van der Waals surface area contributed by atoms with Crippen molar-refractivity contribution in [3.8, 4) is 0 Å². The highest BCUT2D eigenvalue weighted by molar-refractivity contribution is 4.69. The van der Waals surface area contributed by atoms with Crippen molar-refractivity contribution in [3.05, 3.63) is 0 Å². The Hall–Kier alpha value is -0.0800. The minimum atomic E-state index is 0.407. The summed E-state index contributed by atoms with van der Waals surface area (Å²) in [6.45, 7) is 3.24. The van der Waals surface area contributed by atoms with Crippen molar-refractivity contribution in [2.45, 2.75) is 96.1 Å². The van der Waals surface area contributed by atoms with E-state index in [2.05, 4.69) is 6.92 Å². The Kier molecular flexibility index (Phi) is 9.59. The molecule has 0 aromatic carbocycles. The maximum atomic E-state index is 6.16. The van der Waals surface area contributed by atoms with E-state index in [1.165, 1.54) is 70.6 Å². The SMILES string of the molecule is CCCCCCCCCC(N)CCC1CCCO1. The third-order valence-electron chi connectivity index (χ3n) is 4.06. The van der Waals surface area contributed by atoms with Crippen LogP contribution in [0.2, 0.25) is 0 Å². The van der Waals surface area contributed by atoms with E-state index in [-0.39, 0.29) is 0 Å². The first-order valence-corrected chi connectivity index (χ1v) is 8.20. The third-order valence-corrected chi connectivity index (χ3v) is 4.06. The fourth-order valence-electron chi connectivity index (χ4n) is 2.78. The fraction of sp³-hybridized carbons (Fsp3) is 1.00.